The number of benzene rings is 1. The minimum Gasteiger partial charge on any atom is -0.503 e. The Morgan fingerprint density at radius 3 is 2.92 bits per heavy atom. The van der Waals surface area contributed by atoms with Gasteiger partial charge in [0.1, 0.15) is 0 Å². The van der Waals surface area contributed by atoms with E-state index in [0.717, 1.165) is 20.9 Å². The van der Waals surface area contributed by atoms with Crippen molar-refractivity contribution in [3.8, 4) is 22.1 Å². The molecular weight excluding hydrogens is 434 g/mol. The van der Waals surface area contributed by atoms with Crippen molar-refractivity contribution in [1.82, 2.24) is 4.68 Å². The maximum Gasteiger partial charge on any atom is 0.206 e. The molecule has 0 amide bonds. The number of halogens is 1. The molecule has 0 fully saturated rings. The number of aromatic nitrogens is 1. The minimum absolute atomic E-state index is 0.0637. The number of phenols is 1. The van der Waals surface area contributed by atoms with Gasteiger partial charge in [0.2, 0.25) is 4.80 Å². The van der Waals surface area contributed by atoms with Gasteiger partial charge >= 0.3 is 0 Å². The van der Waals surface area contributed by atoms with Crippen molar-refractivity contribution >= 4 is 44.8 Å². The lowest BCUT2D eigenvalue weighted by atomic mass is 10.2. The van der Waals surface area contributed by atoms with Crippen molar-refractivity contribution in [2.24, 2.45) is 10.1 Å². The van der Waals surface area contributed by atoms with E-state index in [9.17, 15) is 5.11 Å². The summed E-state index contributed by atoms with van der Waals surface area (Å²) in [5.74, 6) is 0.444. The third kappa shape index (κ3) is 3.98. The van der Waals surface area contributed by atoms with Crippen molar-refractivity contribution in [3.05, 3.63) is 62.5 Å². The highest BCUT2D eigenvalue weighted by molar-refractivity contribution is 9.10. The normalized spacial score (nSPS) is 12.0. The quantitative estimate of drug-likeness (QED) is 0.436. The molecule has 3 rings (SSSR count). The zero-order chi connectivity index (χ0) is 18.5. The van der Waals surface area contributed by atoms with Gasteiger partial charge in [-0.25, -0.2) is 4.68 Å². The van der Waals surface area contributed by atoms with Gasteiger partial charge in [-0.15, -0.1) is 29.3 Å². The largest absolute Gasteiger partial charge is 0.503 e. The number of phenolic OH excluding ortho intramolecular Hbond substituents is 1. The summed E-state index contributed by atoms with van der Waals surface area (Å²) < 4.78 is 7.55. The van der Waals surface area contributed by atoms with Crippen molar-refractivity contribution in [3.63, 3.8) is 0 Å². The number of methoxy groups -OCH3 is 1. The number of ether oxygens (including phenoxy) is 1. The van der Waals surface area contributed by atoms with Gasteiger partial charge in [0, 0.05) is 5.38 Å². The van der Waals surface area contributed by atoms with Crippen molar-refractivity contribution in [2.45, 2.75) is 0 Å². The summed E-state index contributed by atoms with van der Waals surface area (Å²) >= 11 is 6.51. The number of rotatable bonds is 6. The molecule has 1 aromatic carbocycles. The summed E-state index contributed by atoms with van der Waals surface area (Å²) in [5.41, 5.74) is 1.77. The van der Waals surface area contributed by atoms with Crippen LogP contribution in [0.15, 0.2) is 62.2 Å². The second-order valence-electron chi connectivity index (χ2n) is 5.12. The Morgan fingerprint density at radius 2 is 2.23 bits per heavy atom. The van der Waals surface area contributed by atoms with Gasteiger partial charge in [-0.3, -0.25) is 4.99 Å². The van der Waals surface area contributed by atoms with Gasteiger partial charge in [0.15, 0.2) is 11.5 Å². The predicted molar refractivity (Wildman–Crippen MR) is 112 cm³/mol. The molecular formula is C18H16BrN3O2S2. The fraction of sp³-hybridized carbons (Fsp3) is 0.111. The molecule has 2 heterocycles. The minimum atomic E-state index is 0.0637. The Hall–Kier alpha value is -2.16. The summed E-state index contributed by atoms with van der Waals surface area (Å²) in [4.78, 5) is 6.41. The molecule has 134 valence electrons. The first kappa shape index (κ1) is 18.6. The second kappa shape index (κ2) is 8.48. The molecule has 0 aliphatic rings. The lowest BCUT2D eigenvalue weighted by molar-refractivity contribution is 0.372. The summed E-state index contributed by atoms with van der Waals surface area (Å²) in [5, 5.41) is 18.6. The zero-order valence-corrected chi connectivity index (χ0v) is 17.1. The van der Waals surface area contributed by atoms with Crippen LogP contribution in [-0.4, -0.2) is 29.7 Å². The van der Waals surface area contributed by atoms with Gasteiger partial charge in [0.05, 0.1) is 34.9 Å². The van der Waals surface area contributed by atoms with E-state index in [4.69, 9.17) is 4.74 Å². The average Bonchev–Trinajstić information content (AvgIpc) is 3.30. The van der Waals surface area contributed by atoms with Crippen LogP contribution in [0.1, 0.15) is 5.56 Å². The summed E-state index contributed by atoms with van der Waals surface area (Å²) in [6, 6.07) is 7.56. The second-order valence-corrected chi connectivity index (χ2v) is 7.76. The monoisotopic (exact) mass is 449 g/mol. The number of hydrogen-bond acceptors (Lipinski definition) is 6. The molecule has 0 atom stereocenters. The molecule has 0 unspecified atom stereocenters. The molecule has 1 N–H and O–H groups in total. The number of nitrogens with zero attached hydrogens (tertiary/aromatic N) is 3. The standard InChI is InChI=1S/C18H16BrN3O2S2/c1-3-6-20-18-22(14(11-26-18)16-5-4-7-25-16)21-10-12-8-13(19)17(23)15(9-12)24-2/h3-5,7-11,23H,1,6H2,2H3. The van der Waals surface area contributed by atoms with Crippen LogP contribution >= 0.6 is 38.6 Å². The van der Waals surface area contributed by atoms with E-state index in [0.29, 0.717) is 16.8 Å². The Morgan fingerprint density at radius 1 is 1.38 bits per heavy atom. The SMILES string of the molecule is C=CCN=c1scc(-c2cccs2)n1N=Cc1cc(Br)c(O)c(OC)c1. The number of aromatic hydroxyl groups is 1. The first-order chi connectivity index (χ1) is 12.6. The van der Waals surface area contributed by atoms with Crippen LogP contribution in [0.5, 0.6) is 11.5 Å². The van der Waals surface area contributed by atoms with Crippen LogP contribution < -0.4 is 9.54 Å². The van der Waals surface area contributed by atoms with E-state index in [1.54, 1.807) is 35.8 Å². The van der Waals surface area contributed by atoms with Crippen LogP contribution in [0.3, 0.4) is 0 Å². The van der Waals surface area contributed by atoms with Crippen molar-refractivity contribution in [2.75, 3.05) is 13.7 Å². The highest BCUT2D eigenvalue weighted by Crippen LogP contribution is 2.34. The van der Waals surface area contributed by atoms with Gasteiger partial charge in [0.25, 0.3) is 0 Å². The maximum absolute atomic E-state index is 9.94. The van der Waals surface area contributed by atoms with E-state index in [2.05, 4.69) is 38.7 Å². The smallest absolute Gasteiger partial charge is 0.206 e. The maximum atomic E-state index is 9.94. The van der Waals surface area contributed by atoms with Crippen molar-refractivity contribution < 1.29 is 9.84 Å². The number of hydrogen-bond donors (Lipinski definition) is 1. The van der Waals surface area contributed by atoms with E-state index < -0.39 is 0 Å². The first-order valence-electron chi connectivity index (χ1n) is 7.60. The summed E-state index contributed by atoms with van der Waals surface area (Å²) in [6.07, 6.45) is 3.46. The topological polar surface area (TPSA) is 59.1 Å². The Bertz CT molecular complexity index is 1000. The summed E-state index contributed by atoms with van der Waals surface area (Å²) in [7, 11) is 1.51. The lowest BCUT2D eigenvalue weighted by Crippen LogP contribution is -2.12. The predicted octanol–water partition coefficient (Wildman–Crippen LogP) is 4.72. The van der Waals surface area contributed by atoms with E-state index in [1.807, 2.05) is 21.5 Å². The molecule has 5 nitrogen and oxygen atoms in total. The Balaban J connectivity index is 2.06. The molecule has 3 aromatic rings. The molecule has 26 heavy (non-hydrogen) atoms. The Kier molecular flexibility index (Phi) is 6.08. The average molecular weight is 450 g/mol. The molecule has 0 bridgehead atoms. The molecule has 0 spiro atoms. The Labute approximate surface area is 167 Å². The fourth-order valence-electron chi connectivity index (χ4n) is 2.20. The number of thiophene rings is 1. The van der Waals surface area contributed by atoms with E-state index in [-0.39, 0.29) is 5.75 Å². The molecule has 0 radical (unpaired) electrons. The van der Waals surface area contributed by atoms with E-state index >= 15 is 0 Å². The van der Waals surface area contributed by atoms with Crippen LogP contribution in [0.2, 0.25) is 0 Å². The van der Waals surface area contributed by atoms with Gasteiger partial charge in [-0.05, 0) is 45.1 Å². The van der Waals surface area contributed by atoms with Gasteiger partial charge in [-0.1, -0.05) is 12.1 Å². The van der Waals surface area contributed by atoms with Crippen LogP contribution in [0.25, 0.3) is 10.6 Å². The fourth-order valence-corrected chi connectivity index (χ4v) is 4.30. The zero-order valence-electron chi connectivity index (χ0n) is 13.9. The van der Waals surface area contributed by atoms with Crippen LogP contribution in [0.4, 0.5) is 0 Å². The third-order valence-corrected chi connectivity index (χ3v) is 5.76. The van der Waals surface area contributed by atoms with Crippen molar-refractivity contribution in [1.29, 1.82) is 0 Å². The number of thiazole rings is 1. The third-order valence-electron chi connectivity index (χ3n) is 3.41. The first-order valence-corrected chi connectivity index (χ1v) is 10.2. The molecule has 0 aliphatic carbocycles. The van der Waals surface area contributed by atoms with Crippen LogP contribution in [0, 0.1) is 0 Å². The molecule has 0 saturated carbocycles. The van der Waals surface area contributed by atoms with Crippen LogP contribution in [-0.2, 0) is 0 Å². The summed E-state index contributed by atoms with van der Waals surface area (Å²) in [6.45, 7) is 4.24. The molecule has 0 saturated heterocycles. The van der Waals surface area contributed by atoms with E-state index in [1.165, 1.54) is 18.4 Å². The lowest BCUT2D eigenvalue weighted by Gasteiger charge is -2.06. The molecule has 2 aromatic heterocycles. The highest BCUT2D eigenvalue weighted by Gasteiger charge is 2.10. The van der Waals surface area contributed by atoms with Gasteiger partial charge < -0.3 is 9.84 Å². The van der Waals surface area contributed by atoms with Gasteiger partial charge in [-0.2, -0.15) is 5.10 Å². The highest BCUT2D eigenvalue weighted by atomic mass is 79.9. The molecule has 0 aliphatic heterocycles. The molecule has 8 heteroatoms.